The van der Waals surface area contributed by atoms with Crippen LogP contribution in [0.25, 0.3) is 0 Å². The average molecular weight is 724 g/mol. The van der Waals surface area contributed by atoms with Gasteiger partial charge in [0.15, 0.2) is 0 Å². The quantitative estimate of drug-likeness (QED) is 0.252. The first-order valence-electron chi connectivity index (χ1n) is 10.4. The predicted octanol–water partition coefficient (Wildman–Crippen LogP) is 9.26. The van der Waals surface area contributed by atoms with Crippen LogP contribution in [0.4, 0.5) is 0 Å². The molecular formula is C30H49O3Y3-3. The van der Waals surface area contributed by atoms with Crippen LogP contribution in [0.3, 0.4) is 0 Å². The van der Waals surface area contributed by atoms with E-state index in [1.165, 1.54) is 12.8 Å². The third-order valence-corrected chi connectivity index (χ3v) is 2.94. The maximum absolute atomic E-state index is 4.91. The number of benzene rings is 3. The molecule has 0 saturated carbocycles. The van der Waals surface area contributed by atoms with Gasteiger partial charge in [-0.25, -0.2) is 0 Å². The summed E-state index contributed by atoms with van der Waals surface area (Å²) in [7, 11) is 4.99. The first-order chi connectivity index (χ1) is 14.6. The third-order valence-electron chi connectivity index (χ3n) is 2.94. The summed E-state index contributed by atoms with van der Waals surface area (Å²) in [6.07, 6.45) is 2.50. The van der Waals surface area contributed by atoms with Gasteiger partial charge in [-0.05, 0) is 36.4 Å². The summed E-state index contributed by atoms with van der Waals surface area (Å²) in [5.74, 6) is 2.73. The largest absolute Gasteiger partial charge is 0.497 e. The van der Waals surface area contributed by atoms with Gasteiger partial charge in [0, 0.05) is 98.1 Å². The normalized spacial score (nSPS) is 6.75. The molecule has 0 fully saturated rings. The van der Waals surface area contributed by atoms with E-state index >= 15 is 0 Å². The summed E-state index contributed by atoms with van der Waals surface area (Å²) in [5, 5.41) is 0. The van der Waals surface area contributed by atoms with Crippen LogP contribution in [0.2, 0.25) is 0 Å². The first-order valence-corrected chi connectivity index (χ1v) is 10.4. The molecule has 0 heterocycles. The molecule has 0 aliphatic heterocycles. The molecule has 3 nitrogen and oxygen atoms in total. The van der Waals surface area contributed by atoms with Crippen LogP contribution in [0.5, 0.6) is 17.2 Å². The summed E-state index contributed by atoms with van der Waals surface area (Å²) in [6, 6.07) is 29.0. The number of ether oxygens (including phenoxy) is 3. The molecular weight excluding hydrogens is 675 g/mol. The van der Waals surface area contributed by atoms with Gasteiger partial charge >= 0.3 is 0 Å². The van der Waals surface area contributed by atoms with Crippen molar-refractivity contribution >= 4 is 0 Å². The molecule has 0 bridgehead atoms. The second-order valence-corrected chi connectivity index (χ2v) is 5.97. The summed E-state index contributed by atoms with van der Waals surface area (Å²) in [4.78, 5) is 0. The zero-order valence-electron chi connectivity index (χ0n) is 24.5. The molecule has 0 spiro atoms. The zero-order chi connectivity index (χ0) is 22.9. The van der Waals surface area contributed by atoms with Gasteiger partial charge in [0.05, 0.1) is 21.3 Å². The molecule has 0 unspecified atom stereocenters. The molecule has 3 aromatic rings. The molecule has 0 atom stereocenters. The van der Waals surface area contributed by atoms with Crippen molar-refractivity contribution in [1.29, 1.82) is 0 Å². The van der Waals surface area contributed by atoms with Crippen molar-refractivity contribution < 1.29 is 112 Å². The minimum Gasteiger partial charge on any atom is -0.497 e. The molecule has 36 heavy (non-hydrogen) atoms. The Labute approximate surface area is 300 Å². The smallest absolute Gasteiger partial charge is 0.118 e. The second kappa shape index (κ2) is 48.4. The number of methoxy groups -OCH3 is 3. The molecule has 3 radical (unpaired) electrons. The molecule has 199 valence electrons. The monoisotopic (exact) mass is 724 g/mol. The molecule has 0 aromatic heterocycles. The Morgan fingerprint density at radius 2 is 0.528 bits per heavy atom. The van der Waals surface area contributed by atoms with E-state index in [4.69, 9.17) is 14.2 Å². The Morgan fingerprint density at radius 3 is 0.611 bits per heavy atom. The Kier molecular flexibility index (Phi) is 76.1. The van der Waals surface area contributed by atoms with Crippen LogP contribution in [0.15, 0.2) is 91.0 Å². The Hall–Kier alpha value is 0.372. The molecule has 3 aromatic carbocycles. The number of rotatable bonds is 3. The zero-order valence-corrected chi connectivity index (χ0v) is 33.0. The van der Waals surface area contributed by atoms with Crippen molar-refractivity contribution in [1.82, 2.24) is 0 Å². The Morgan fingerprint density at radius 1 is 0.389 bits per heavy atom. The van der Waals surface area contributed by atoms with E-state index in [2.05, 4.69) is 27.7 Å². The van der Waals surface area contributed by atoms with E-state index in [1.54, 1.807) is 21.3 Å². The summed E-state index contributed by atoms with van der Waals surface area (Å²) < 4.78 is 14.7. The Bertz CT molecular complexity index is 575. The van der Waals surface area contributed by atoms with E-state index in [1.807, 2.05) is 91.0 Å². The van der Waals surface area contributed by atoms with E-state index in [9.17, 15) is 0 Å². The number of para-hydroxylation sites is 3. The SMILES string of the molecule is CCC.CCC.COc1ccccc1.COc1ccccc1.COc1ccccc1.[CH3-].[CH3-].[CH3-].[Y].[Y].[Y]. The maximum Gasteiger partial charge on any atom is 0.118 e. The van der Waals surface area contributed by atoms with E-state index in [0.29, 0.717) is 0 Å². The van der Waals surface area contributed by atoms with Crippen LogP contribution in [0.1, 0.15) is 40.5 Å². The van der Waals surface area contributed by atoms with Gasteiger partial charge in [0.2, 0.25) is 0 Å². The third kappa shape index (κ3) is 41.5. The van der Waals surface area contributed by atoms with Gasteiger partial charge in [-0.1, -0.05) is 95.1 Å². The van der Waals surface area contributed by atoms with Crippen molar-refractivity contribution in [2.75, 3.05) is 21.3 Å². The fraction of sp³-hybridized carbons (Fsp3) is 0.300. The minimum absolute atomic E-state index is 0. The second-order valence-electron chi connectivity index (χ2n) is 5.97. The van der Waals surface area contributed by atoms with Crippen LogP contribution < -0.4 is 14.2 Å². The first kappa shape index (κ1) is 56.5. The van der Waals surface area contributed by atoms with Crippen molar-refractivity contribution in [3.05, 3.63) is 113 Å². The fourth-order valence-corrected chi connectivity index (χ4v) is 1.67. The molecule has 0 amide bonds. The standard InChI is InChI=1S/3C7H8O.2C3H8.3CH3.3Y/c3*1-8-7-5-3-2-4-6-7;2*1-3-2;;;;;;/h3*2-6H,1H3;2*3H2,1-2H3;3*1H3;;;/q;;;;;3*-1;;;. The van der Waals surface area contributed by atoms with Crippen molar-refractivity contribution in [3.63, 3.8) is 0 Å². The molecule has 0 aliphatic carbocycles. The van der Waals surface area contributed by atoms with Crippen LogP contribution in [0, 0.1) is 22.3 Å². The summed E-state index contributed by atoms with van der Waals surface area (Å²) in [6.45, 7) is 8.50. The van der Waals surface area contributed by atoms with Crippen LogP contribution in [-0.4, -0.2) is 21.3 Å². The molecule has 0 aliphatic rings. The van der Waals surface area contributed by atoms with Gasteiger partial charge in [-0.2, -0.15) is 0 Å². The van der Waals surface area contributed by atoms with Gasteiger partial charge in [-0.15, -0.1) is 0 Å². The predicted molar refractivity (Wildman–Crippen MR) is 150 cm³/mol. The molecule has 0 N–H and O–H groups in total. The van der Waals surface area contributed by atoms with E-state index < -0.39 is 0 Å². The number of hydrogen-bond donors (Lipinski definition) is 0. The Balaban J connectivity index is -0.0000000457. The van der Waals surface area contributed by atoms with Crippen LogP contribution in [-0.2, 0) is 98.1 Å². The van der Waals surface area contributed by atoms with Gasteiger partial charge in [0.1, 0.15) is 17.2 Å². The maximum atomic E-state index is 4.91. The summed E-state index contributed by atoms with van der Waals surface area (Å²) in [5.41, 5.74) is 0. The van der Waals surface area contributed by atoms with Gasteiger partial charge < -0.3 is 36.5 Å². The van der Waals surface area contributed by atoms with Crippen molar-refractivity contribution in [3.8, 4) is 17.2 Å². The summed E-state index contributed by atoms with van der Waals surface area (Å²) >= 11 is 0. The van der Waals surface area contributed by atoms with Crippen molar-refractivity contribution in [2.24, 2.45) is 0 Å². The van der Waals surface area contributed by atoms with E-state index in [0.717, 1.165) is 17.2 Å². The molecule has 3 rings (SSSR count). The van der Waals surface area contributed by atoms with Crippen LogP contribution >= 0.6 is 0 Å². The van der Waals surface area contributed by atoms with Gasteiger partial charge in [0.25, 0.3) is 0 Å². The van der Waals surface area contributed by atoms with Gasteiger partial charge in [-0.3, -0.25) is 0 Å². The minimum atomic E-state index is 0. The average Bonchev–Trinajstić information content (AvgIpc) is 2.82. The fourth-order valence-electron chi connectivity index (χ4n) is 1.67. The molecule has 0 saturated heterocycles. The van der Waals surface area contributed by atoms with E-state index in [-0.39, 0.29) is 120 Å². The topological polar surface area (TPSA) is 27.7 Å². The molecule has 6 heteroatoms. The number of hydrogen-bond acceptors (Lipinski definition) is 3. The van der Waals surface area contributed by atoms with Crippen molar-refractivity contribution in [2.45, 2.75) is 40.5 Å².